The van der Waals surface area contributed by atoms with E-state index >= 15 is 0 Å². The highest BCUT2D eigenvalue weighted by molar-refractivity contribution is 7.07. The fraction of sp³-hybridized carbons (Fsp3) is 0.360. The van der Waals surface area contributed by atoms with Crippen LogP contribution in [-0.4, -0.2) is 49.8 Å². The van der Waals surface area contributed by atoms with Crippen LogP contribution in [0.15, 0.2) is 45.9 Å². The van der Waals surface area contributed by atoms with E-state index in [1.807, 2.05) is 35.0 Å². The highest BCUT2D eigenvalue weighted by atomic mass is 32.1. The molecule has 3 aromatic rings. The molecule has 180 valence electrons. The Hall–Kier alpha value is -3.30. The minimum atomic E-state index is -0.241. The second kappa shape index (κ2) is 10.8. The Balaban J connectivity index is 1.58. The van der Waals surface area contributed by atoms with Gasteiger partial charge in [0.25, 0.3) is 11.5 Å². The monoisotopic (exact) mass is 483 g/mol. The fourth-order valence-electron chi connectivity index (χ4n) is 4.34. The van der Waals surface area contributed by atoms with Crippen molar-refractivity contribution < 1.29 is 19.0 Å². The van der Waals surface area contributed by atoms with Crippen molar-refractivity contribution in [3.63, 3.8) is 0 Å². The molecule has 0 aliphatic carbocycles. The summed E-state index contributed by atoms with van der Waals surface area (Å²) >= 11 is 1.58. The standard InChI is InChI=1S/C25H29N3O5S/c1-31-20-6-4-5-18(24(20)33-3)15-27-9-7-19-23(25(30)26-14-17-8-12-34-16-17)21(32-2)13-22(29)28(19)11-10-27/h4-6,8,12-13,16H,7,9-11,14-15H2,1-3H3,(H,26,30). The Bertz CT molecular complexity index is 1210. The number of methoxy groups -OCH3 is 3. The highest BCUT2D eigenvalue weighted by Gasteiger charge is 2.25. The smallest absolute Gasteiger partial charge is 0.257 e. The first-order valence-electron chi connectivity index (χ1n) is 11.1. The molecule has 0 saturated carbocycles. The van der Waals surface area contributed by atoms with Crippen molar-refractivity contribution >= 4 is 17.2 Å². The summed E-state index contributed by atoms with van der Waals surface area (Å²) in [4.78, 5) is 28.3. The molecule has 9 heteroatoms. The van der Waals surface area contributed by atoms with Gasteiger partial charge < -0.3 is 24.1 Å². The zero-order valence-corrected chi connectivity index (χ0v) is 20.4. The van der Waals surface area contributed by atoms with Gasteiger partial charge in [0.1, 0.15) is 11.3 Å². The van der Waals surface area contributed by atoms with E-state index in [4.69, 9.17) is 14.2 Å². The van der Waals surface area contributed by atoms with E-state index in [2.05, 4.69) is 10.2 Å². The fourth-order valence-corrected chi connectivity index (χ4v) is 5.01. The number of para-hydroxylation sites is 1. The lowest BCUT2D eigenvalue weighted by atomic mass is 10.1. The van der Waals surface area contributed by atoms with Gasteiger partial charge >= 0.3 is 0 Å². The van der Waals surface area contributed by atoms with Gasteiger partial charge in [0.15, 0.2) is 11.5 Å². The Kier molecular flexibility index (Phi) is 7.54. The summed E-state index contributed by atoms with van der Waals surface area (Å²) in [5.74, 6) is 1.46. The Morgan fingerprint density at radius 2 is 1.88 bits per heavy atom. The third-order valence-corrected chi connectivity index (χ3v) is 6.78. The molecule has 34 heavy (non-hydrogen) atoms. The van der Waals surface area contributed by atoms with Gasteiger partial charge in [-0.15, -0.1) is 0 Å². The first-order valence-corrected chi connectivity index (χ1v) is 12.0. The number of nitrogens with one attached hydrogen (secondary N) is 1. The maximum absolute atomic E-state index is 13.2. The molecule has 0 saturated heterocycles. The van der Waals surface area contributed by atoms with Crippen LogP contribution in [-0.2, 0) is 26.1 Å². The van der Waals surface area contributed by atoms with Crippen LogP contribution in [0.1, 0.15) is 27.2 Å². The molecule has 0 unspecified atom stereocenters. The van der Waals surface area contributed by atoms with E-state index in [0.717, 1.165) is 11.1 Å². The number of fused-ring (bicyclic) bond motifs is 1. The summed E-state index contributed by atoms with van der Waals surface area (Å²) in [6.07, 6.45) is 0.542. The van der Waals surface area contributed by atoms with Crippen molar-refractivity contribution in [1.82, 2.24) is 14.8 Å². The number of thiophene rings is 1. The number of hydrogen-bond acceptors (Lipinski definition) is 7. The number of benzene rings is 1. The number of amides is 1. The van der Waals surface area contributed by atoms with Crippen LogP contribution in [0.3, 0.4) is 0 Å². The average molecular weight is 484 g/mol. The Morgan fingerprint density at radius 3 is 2.59 bits per heavy atom. The lowest BCUT2D eigenvalue weighted by Crippen LogP contribution is -2.31. The molecule has 3 heterocycles. The third kappa shape index (κ3) is 4.95. The molecule has 1 aliphatic rings. The van der Waals surface area contributed by atoms with Gasteiger partial charge in [-0.1, -0.05) is 12.1 Å². The molecule has 1 amide bonds. The predicted octanol–water partition coefficient (Wildman–Crippen LogP) is 2.92. The summed E-state index contributed by atoms with van der Waals surface area (Å²) in [5.41, 5.74) is 3.01. The van der Waals surface area contributed by atoms with Crippen molar-refractivity contribution in [3.05, 3.63) is 73.8 Å². The molecular weight excluding hydrogens is 454 g/mol. The van der Waals surface area contributed by atoms with E-state index in [9.17, 15) is 9.59 Å². The molecule has 0 bridgehead atoms. The topological polar surface area (TPSA) is 82.0 Å². The normalized spacial score (nSPS) is 13.6. The molecule has 0 radical (unpaired) electrons. The second-order valence-corrected chi connectivity index (χ2v) is 8.80. The van der Waals surface area contributed by atoms with Crippen molar-refractivity contribution in [2.75, 3.05) is 34.4 Å². The zero-order valence-electron chi connectivity index (χ0n) is 19.6. The van der Waals surface area contributed by atoms with Crippen LogP contribution in [0.5, 0.6) is 17.2 Å². The predicted molar refractivity (Wildman–Crippen MR) is 131 cm³/mol. The van der Waals surface area contributed by atoms with Gasteiger partial charge in [-0.3, -0.25) is 14.5 Å². The van der Waals surface area contributed by atoms with E-state index in [1.165, 1.54) is 13.2 Å². The largest absolute Gasteiger partial charge is 0.496 e. The van der Waals surface area contributed by atoms with Crippen molar-refractivity contribution in [3.8, 4) is 17.2 Å². The molecule has 2 aromatic heterocycles. The van der Waals surface area contributed by atoms with Crippen LogP contribution < -0.4 is 25.1 Å². The lowest BCUT2D eigenvalue weighted by molar-refractivity contribution is 0.0945. The van der Waals surface area contributed by atoms with E-state index in [0.29, 0.717) is 67.7 Å². The van der Waals surface area contributed by atoms with Crippen molar-refractivity contribution in [2.24, 2.45) is 0 Å². The molecular formula is C25H29N3O5S. The molecule has 0 fully saturated rings. The van der Waals surface area contributed by atoms with Gasteiger partial charge in [0.2, 0.25) is 0 Å². The van der Waals surface area contributed by atoms with E-state index in [-0.39, 0.29) is 11.5 Å². The maximum Gasteiger partial charge on any atom is 0.257 e. The number of ether oxygens (including phenoxy) is 3. The van der Waals surface area contributed by atoms with Crippen LogP contribution in [0.4, 0.5) is 0 Å². The van der Waals surface area contributed by atoms with Crippen LogP contribution in [0.25, 0.3) is 0 Å². The quantitative estimate of drug-likeness (QED) is 0.531. The number of pyridine rings is 1. The molecule has 1 aliphatic heterocycles. The zero-order chi connectivity index (χ0) is 24.1. The molecule has 1 aromatic carbocycles. The molecule has 4 rings (SSSR count). The molecule has 0 spiro atoms. The maximum atomic E-state index is 13.2. The summed E-state index contributed by atoms with van der Waals surface area (Å²) in [5, 5.41) is 6.95. The number of rotatable bonds is 8. The highest BCUT2D eigenvalue weighted by Crippen LogP contribution is 2.32. The van der Waals surface area contributed by atoms with E-state index in [1.54, 1.807) is 30.1 Å². The number of carbonyl (C=O) groups is 1. The summed E-state index contributed by atoms with van der Waals surface area (Å²) < 4.78 is 18.2. The van der Waals surface area contributed by atoms with Gasteiger partial charge in [-0.05, 0) is 28.5 Å². The number of hydrogen-bond donors (Lipinski definition) is 1. The van der Waals surface area contributed by atoms with Gasteiger partial charge in [0.05, 0.1) is 21.3 Å². The minimum absolute atomic E-state index is 0.165. The van der Waals surface area contributed by atoms with E-state index < -0.39 is 0 Å². The summed E-state index contributed by atoms with van der Waals surface area (Å²) in [7, 11) is 4.74. The molecule has 1 N–H and O–H groups in total. The van der Waals surface area contributed by atoms with Gasteiger partial charge in [-0.2, -0.15) is 11.3 Å². The number of carbonyl (C=O) groups excluding carboxylic acids is 1. The summed E-state index contributed by atoms with van der Waals surface area (Å²) in [6.45, 7) is 2.88. The SMILES string of the molecule is COc1cccc(CN2CCc3c(C(=O)NCc4ccsc4)c(OC)cc(=O)n3CC2)c1OC. The van der Waals surface area contributed by atoms with Gasteiger partial charge in [-0.25, -0.2) is 0 Å². The lowest BCUT2D eigenvalue weighted by Gasteiger charge is -2.21. The van der Waals surface area contributed by atoms with Crippen LogP contribution in [0, 0.1) is 0 Å². The number of nitrogens with zero attached hydrogens (tertiary/aromatic N) is 2. The Labute approximate surface area is 202 Å². The first-order chi connectivity index (χ1) is 16.5. The summed E-state index contributed by atoms with van der Waals surface area (Å²) in [6, 6.07) is 9.20. The second-order valence-electron chi connectivity index (χ2n) is 8.02. The van der Waals surface area contributed by atoms with Crippen molar-refractivity contribution in [1.29, 1.82) is 0 Å². The first kappa shape index (κ1) is 23.8. The number of aromatic nitrogens is 1. The minimum Gasteiger partial charge on any atom is -0.496 e. The molecule has 0 atom stereocenters. The average Bonchev–Trinajstić information content (AvgIpc) is 3.29. The van der Waals surface area contributed by atoms with Gasteiger partial charge in [0, 0.05) is 56.5 Å². The van der Waals surface area contributed by atoms with Crippen LogP contribution >= 0.6 is 11.3 Å². The Morgan fingerprint density at radius 1 is 1.06 bits per heavy atom. The van der Waals surface area contributed by atoms with Crippen LogP contribution in [0.2, 0.25) is 0 Å². The van der Waals surface area contributed by atoms with Crippen molar-refractivity contribution in [2.45, 2.75) is 26.1 Å². The third-order valence-electron chi connectivity index (χ3n) is 6.04. The molecule has 8 nitrogen and oxygen atoms in total.